The van der Waals surface area contributed by atoms with E-state index >= 15 is 0 Å². The summed E-state index contributed by atoms with van der Waals surface area (Å²) in [6.45, 7) is 0. The van der Waals surface area contributed by atoms with Crippen LogP contribution in [0.5, 0.6) is 0 Å². The summed E-state index contributed by atoms with van der Waals surface area (Å²) in [6.07, 6.45) is 32.4. The van der Waals surface area contributed by atoms with Crippen molar-refractivity contribution in [2.75, 3.05) is 0 Å². The van der Waals surface area contributed by atoms with Crippen LogP contribution >= 0.6 is 0 Å². The van der Waals surface area contributed by atoms with E-state index in [1.807, 2.05) is 194 Å². The number of hydrogen-bond acceptors (Lipinski definition) is 8. The molecule has 0 saturated heterocycles. The Bertz CT molecular complexity index is 4690. The Kier molecular flexibility index (Phi) is 15.7. The van der Waals surface area contributed by atoms with Crippen molar-refractivity contribution in [3.8, 4) is 0 Å². The van der Waals surface area contributed by atoms with Crippen LogP contribution in [0, 0.1) is 0 Å². The maximum absolute atomic E-state index is 4.63. The van der Waals surface area contributed by atoms with Crippen LogP contribution in [0.15, 0.2) is 194 Å². The Morgan fingerprint density at radius 1 is 0.124 bits per heavy atom. The summed E-state index contributed by atoms with van der Waals surface area (Å²) in [5, 5.41) is 0. The minimum atomic E-state index is 0. The monoisotopic (exact) mass is 1300 g/mol. The number of rotatable bonds is 0. The predicted octanol–water partition coefficient (Wildman–Crippen LogP) is 18.6. The van der Waals surface area contributed by atoms with Gasteiger partial charge in [0.05, 0.1) is 91.1 Å². The quantitative estimate of drug-likeness (QED) is 0.0679. The molecule has 0 unspecified atom stereocenters. The summed E-state index contributed by atoms with van der Waals surface area (Å²) in [7, 11) is 0. The first-order valence-corrected chi connectivity index (χ1v) is 31.4. The van der Waals surface area contributed by atoms with Gasteiger partial charge in [0.1, 0.15) is 0 Å². The van der Waals surface area contributed by atoms with Crippen molar-refractivity contribution in [2.24, 2.45) is 0 Å². The molecule has 16 nitrogen and oxygen atoms in total. The molecule has 0 atom stereocenters. The number of hydrogen-bond donors (Lipinski definition) is 8. The van der Waals surface area contributed by atoms with Gasteiger partial charge >= 0.3 is 0 Å². The molecule has 0 aromatic carbocycles. The number of nitrogens with one attached hydrogen (secondary N) is 8. The van der Waals surface area contributed by atoms with E-state index in [0.29, 0.717) is 0 Å². The Hall–Kier alpha value is -13.1. The van der Waals surface area contributed by atoms with Crippen molar-refractivity contribution < 1.29 is 17.1 Å². The number of nitrogens with zero attached hydrogens (tertiary/aromatic N) is 8. The van der Waals surface area contributed by atoms with Gasteiger partial charge in [-0.05, 0) is 291 Å². The van der Waals surface area contributed by atoms with Gasteiger partial charge in [0.2, 0.25) is 0 Å². The zero-order chi connectivity index (χ0) is 63.7. The van der Waals surface area contributed by atoms with Gasteiger partial charge in [-0.15, -0.1) is 0 Å². The van der Waals surface area contributed by atoms with Gasteiger partial charge in [0.25, 0.3) is 0 Å². The molecular weight excluding hydrogens is 1240 g/mol. The molecule has 32 bridgehead atoms. The number of fused-ring (bicyclic) bond motifs is 32. The summed E-state index contributed by atoms with van der Waals surface area (Å²) < 4.78 is 0. The third-order valence-electron chi connectivity index (χ3n) is 16.2. The van der Waals surface area contributed by atoms with Crippen LogP contribution in [0.25, 0.3) is 185 Å². The molecule has 17 heteroatoms. The van der Waals surface area contributed by atoms with Gasteiger partial charge in [0, 0.05) is 105 Å². The van der Waals surface area contributed by atoms with Crippen LogP contribution in [0.1, 0.15) is 91.1 Å². The van der Waals surface area contributed by atoms with Crippen LogP contribution in [-0.2, 0) is 17.1 Å². The van der Waals surface area contributed by atoms with E-state index in [-0.39, 0.29) is 17.1 Å². The molecule has 8 aliphatic heterocycles. The molecule has 0 spiro atoms. The van der Waals surface area contributed by atoms with Crippen molar-refractivity contribution in [3.05, 3.63) is 285 Å². The smallest absolute Gasteiger partial charge is 0.0658 e. The summed E-state index contributed by atoms with van der Waals surface area (Å²) in [5.74, 6) is 0. The van der Waals surface area contributed by atoms with Gasteiger partial charge in [-0.2, -0.15) is 0 Å². The Morgan fingerprint density at radius 3 is 0.268 bits per heavy atom. The zero-order valence-corrected chi connectivity index (χ0v) is 52.7. The number of H-pyrrole nitrogens is 8. The SMILES string of the molecule is C1=Cc2cc3ccc(cc4nc(cc5ccc(cc1n2)[nH]5)C=C4)[nH]3.C1=Cc2cc3ccc(cc4nc(cc5ccc(cc1n2)[nH]5)C=C4)[nH]3.C1=Cc2cc3ccc(cc4nc(cc5ccc(cc1n2)[nH]5)C=C4)[nH]3.C1=Cc2cc3ccc(cc4nc(cc5ccc(cc1n2)[nH]5)C=C4)[nH]3.[Fe]. The molecule has 0 saturated carbocycles. The topological polar surface area (TPSA) is 229 Å². The normalized spacial score (nSPS) is 12.5. The van der Waals surface area contributed by atoms with Crippen LogP contribution in [0.3, 0.4) is 0 Å². The second-order valence-electron chi connectivity index (χ2n) is 23.6. The molecule has 97 heavy (non-hydrogen) atoms. The van der Waals surface area contributed by atoms with E-state index in [2.05, 4.69) is 177 Å². The largest absolute Gasteiger partial charge is 0.355 e. The summed E-state index contributed by atoms with van der Waals surface area (Å²) in [6, 6.07) is 65.4. The van der Waals surface area contributed by atoms with Gasteiger partial charge in [0.15, 0.2) is 0 Å². The number of aromatic amines is 8. The fourth-order valence-corrected chi connectivity index (χ4v) is 11.8. The molecule has 20 heterocycles. The van der Waals surface area contributed by atoms with Crippen molar-refractivity contribution in [1.82, 2.24) is 79.7 Å². The molecule has 12 aromatic rings. The Balaban J connectivity index is 0.000000101. The van der Waals surface area contributed by atoms with E-state index in [0.717, 1.165) is 179 Å². The van der Waals surface area contributed by atoms with Crippen molar-refractivity contribution >= 4 is 185 Å². The Morgan fingerprint density at radius 2 is 0.196 bits per heavy atom. The van der Waals surface area contributed by atoms with E-state index in [1.54, 1.807) is 0 Å². The fourth-order valence-electron chi connectivity index (χ4n) is 11.8. The minimum absolute atomic E-state index is 0. The molecule has 0 fully saturated rings. The first kappa shape index (κ1) is 59.0. The third kappa shape index (κ3) is 14.3. The molecule has 8 N–H and O–H groups in total. The first-order valence-electron chi connectivity index (χ1n) is 31.4. The van der Waals surface area contributed by atoms with E-state index in [4.69, 9.17) is 0 Å². The molecule has 464 valence electrons. The van der Waals surface area contributed by atoms with Crippen LogP contribution in [0.2, 0.25) is 0 Å². The number of aromatic nitrogens is 16. The summed E-state index contributed by atoms with van der Waals surface area (Å²) >= 11 is 0. The van der Waals surface area contributed by atoms with Gasteiger partial charge in [-0.25, -0.2) is 39.9 Å². The van der Waals surface area contributed by atoms with Gasteiger partial charge < -0.3 is 39.9 Å². The molecule has 0 radical (unpaired) electrons. The van der Waals surface area contributed by atoms with Gasteiger partial charge in [-0.1, -0.05) is 0 Å². The first-order chi connectivity index (χ1) is 47.2. The molecule has 20 rings (SSSR count). The van der Waals surface area contributed by atoms with E-state index < -0.39 is 0 Å². The molecule has 0 amide bonds. The van der Waals surface area contributed by atoms with Crippen LogP contribution in [-0.4, -0.2) is 79.7 Å². The van der Waals surface area contributed by atoms with E-state index in [1.165, 1.54) is 0 Å². The van der Waals surface area contributed by atoms with Crippen LogP contribution in [0.4, 0.5) is 0 Å². The average molecular weight is 1300 g/mol. The maximum atomic E-state index is 4.63. The third-order valence-corrected chi connectivity index (χ3v) is 16.2. The Labute approximate surface area is 564 Å². The molecular formula is C80H56FeN16. The van der Waals surface area contributed by atoms with Crippen molar-refractivity contribution in [2.45, 2.75) is 0 Å². The molecule has 8 aliphatic rings. The van der Waals surface area contributed by atoms with Crippen molar-refractivity contribution in [1.29, 1.82) is 0 Å². The molecule has 12 aromatic heterocycles. The summed E-state index contributed by atoms with van der Waals surface area (Å²) in [4.78, 5) is 64.1. The zero-order valence-electron chi connectivity index (χ0n) is 51.6. The minimum Gasteiger partial charge on any atom is -0.355 e. The second kappa shape index (κ2) is 25.8. The summed E-state index contributed by atoms with van der Waals surface area (Å²) in [5.41, 5.74) is 31.4. The predicted molar refractivity (Wildman–Crippen MR) is 395 cm³/mol. The van der Waals surface area contributed by atoms with E-state index in [9.17, 15) is 0 Å². The molecule has 0 aliphatic carbocycles. The average Bonchev–Trinajstić information content (AvgIpc) is 1.77. The van der Waals surface area contributed by atoms with Crippen LogP contribution < -0.4 is 0 Å². The van der Waals surface area contributed by atoms with Gasteiger partial charge in [-0.3, -0.25) is 0 Å². The fraction of sp³-hybridized carbons (Fsp3) is 0. The second-order valence-corrected chi connectivity index (χ2v) is 23.6. The standard InChI is InChI=1S/4C20H14N4.Fe/c4*1-2-14-10-16-5-6-18(23-16)12-20-8-7-19(24-20)11-17-4-3-15(22-17)9-13(1)21-14;/h4*1-12,21,24H;. The maximum Gasteiger partial charge on any atom is 0.0658 e. The van der Waals surface area contributed by atoms with Crippen molar-refractivity contribution in [3.63, 3.8) is 0 Å².